The number of methoxy groups -OCH3 is 3. The number of nitrogens with one attached hydrogen (secondary N) is 1. The maximum absolute atomic E-state index is 5.95. The number of hydrogen-bond acceptors (Lipinski definition) is 6. The number of ether oxygens (including phenoxy) is 3. The Balaban J connectivity index is 2.04. The average molecular weight is 405 g/mol. The summed E-state index contributed by atoms with van der Waals surface area (Å²) in [6.45, 7) is 0. The fourth-order valence-electron chi connectivity index (χ4n) is 2.53. The van der Waals surface area contributed by atoms with Crippen molar-refractivity contribution in [3.05, 3.63) is 51.8 Å². The zero-order chi connectivity index (χ0) is 19.4. The van der Waals surface area contributed by atoms with Crippen molar-refractivity contribution in [2.75, 3.05) is 21.3 Å². The quantitative estimate of drug-likeness (QED) is 0.493. The van der Waals surface area contributed by atoms with Gasteiger partial charge in [0.1, 0.15) is 0 Å². The van der Waals surface area contributed by atoms with Crippen molar-refractivity contribution in [1.29, 1.82) is 0 Å². The number of aromatic nitrogens is 3. The van der Waals surface area contributed by atoms with Crippen LogP contribution in [-0.4, -0.2) is 42.4 Å². The maximum Gasteiger partial charge on any atom is 0.216 e. The molecule has 7 nitrogen and oxygen atoms in total. The lowest BCUT2D eigenvalue weighted by Crippen LogP contribution is -2.00. The van der Waals surface area contributed by atoms with Crippen molar-refractivity contribution in [3.63, 3.8) is 0 Å². The third-order valence-corrected chi connectivity index (χ3v) is 4.32. The predicted octanol–water partition coefficient (Wildman–Crippen LogP) is 4.17. The first kappa shape index (κ1) is 18.9. The standard InChI is InChI=1S/C18H17ClN4O3S/c1-24-14-9-6-12(15(25-2)16(14)26-3)10-20-23-17(21-22-18(23)27)11-4-7-13(19)8-5-11/h4-10H,1-3H3,(H,22,27)/b20-10+. The highest BCUT2D eigenvalue weighted by molar-refractivity contribution is 7.71. The topological polar surface area (TPSA) is 73.7 Å². The minimum atomic E-state index is 0.357. The van der Waals surface area contributed by atoms with Gasteiger partial charge in [-0.2, -0.15) is 14.9 Å². The number of rotatable bonds is 6. The summed E-state index contributed by atoms with van der Waals surface area (Å²) in [5.74, 6) is 2.11. The van der Waals surface area contributed by atoms with E-state index in [-0.39, 0.29) is 0 Å². The minimum absolute atomic E-state index is 0.357. The number of nitrogens with zero attached hydrogens (tertiary/aromatic N) is 3. The Hall–Kier alpha value is -2.84. The molecule has 1 heterocycles. The Labute approximate surface area is 166 Å². The van der Waals surface area contributed by atoms with E-state index in [4.69, 9.17) is 38.0 Å². The molecule has 0 amide bonds. The second-order valence-electron chi connectivity index (χ2n) is 5.34. The predicted molar refractivity (Wildman–Crippen MR) is 107 cm³/mol. The van der Waals surface area contributed by atoms with E-state index in [9.17, 15) is 0 Å². The lowest BCUT2D eigenvalue weighted by atomic mass is 10.2. The molecule has 3 aromatic rings. The van der Waals surface area contributed by atoms with Gasteiger partial charge in [-0.15, -0.1) is 0 Å². The molecule has 0 fully saturated rings. The van der Waals surface area contributed by atoms with Crippen LogP contribution >= 0.6 is 23.8 Å². The van der Waals surface area contributed by atoms with Gasteiger partial charge in [0, 0.05) is 16.1 Å². The summed E-state index contributed by atoms with van der Waals surface area (Å²) in [6.07, 6.45) is 1.62. The molecule has 0 atom stereocenters. The van der Waals surface area contributed by atoms with Crippen LogP contribution in [0.15, 0.2) is 41.5 Å². The molecule has 140 valence electrons. The normalized spacial score (nSPS) is 11.0. The van der Waals surface area contributed by atoms with Gasteiger partial charge in [-0.3, -0.25) is 0 Å². The van der Waals surface area contributed by atoms with Gasteiger partial charge >= 0.3 is 0 Å². The first-order valence-corrected chi connectivity index (χ1v) is 8.64. The molecule has 2 aromatic carbocycles. The van der Waals surface area contributed by atoms with E-state index < -0.39 is 0 Å². The molecule has 0 spiro atoms. The van der Waals surface area contributed by atoms with Gasteiger partial charge in [0.2, 0.25) is 10.5 Å². The highest BCUT2D eigenvalue weighted by Crippen LogP contribution is 2.39. The minimum Gasteiger partial charge on any atom is -0.493 e. The van der Waals surface area contributed by atoms with Gasteiger partial charge in [-0.1, -0.05) is 11.6 Å². The molecule has 0 aliphatic heterocycles. The Kier molecular flexibility index (Phi) is 5.78. The summed E-state index contributed by atoms with van der Waals surface area (Å²) in [7, 11) is 4.66. The molecule has 0 aliphatic carbocycles. The molecule has 0 unspecified atom stereocenters. The van der Waals surface area contributed by atoms with Gasteiger partial charge in [0.25, 0.3) is 0 Å². The summed E-state index contributed by atoms with van der Waals surface area (Å²) in [6, 6.07) is 10.8. The van der Waals surface area contributed by atoms with E-state index in [1.165, 1.54) is 4.68 Å². The van der Waals surface area contributed by atoms with Gasteiger partial charge in [0.05, 0.1) is 27.5 Å². The Morgan fingerprint density at radius 2 is 1.74 bits per heavy atom. The van der Waals surface area contributed by atoms with E-state index >= 15 is 0 Å². The number of hydrogen-bond donors (Lipinski definition) is 1. The Bertz CT molecular complexity index is 1030. The molecule has 0 radical (unpaired) electrons. The fourth-order valence-corrected chi connectivity index (χ4v) is 2.84. The summed E-state index contributed by atoms with van der Waals surface area (Å²) in [5.41, 5.74) is 1.52. The van der Waals surface area contributed by atoms with Crippen molar-refractivity contribution in [1.82, 2.24) is 14.9 Å². The van der Waals surface area contributed by atoms with Crippen LogP contribution in [0.3, 0.4) is 0 Å². The lowest BCUT2D eigenvalue weighted by molar-refractivity contribution is 0.324. The SMILES string of the molecule is COc1ccc(/C=N/n2c(-c3ccc(Cl)cc3)n[nH]c2=S)c(OC)c1OC. The number of halogens is 1. The summed E-state index contributed by atoms with van der Waals surface area (Å²) < 4.78 is 18.0. The highest BCUT2D eigenvalue weighted by Gasteiger charge is 2.15. The molecule has 9 heteroatoms. The molecule has 0 saturated heterocycles. The van der Waals surface area contributed by atoms with Crippen LogP contribution in [0, 0.1) is 4.77 Å². The summed E-state index contributed by atoms with van der Waals surface area (Å²) in [4.78, 5) is 0. The second kappa shape index (κ2) is 8.24. The van der Waals surface area contributed by atoms with Crippen LogP contribution in [0.4, 0.5) is 0 Å². The molecule has 3 rings (SSSR count). The largest absolute Gasteiger partial charge is 0.493 e. The van der Waals surface area contributed by atoms with Gasteiger partial charge in [-0.25, -0.2) is 5.10 Å². The molecule has 0 saturated carbocycles. The van der Waals surface area contributed by atoms with Crippen LogP contribution in [0.2, 0.25) is 5.02 Å². The van der Waals surface area contributed by atoms with Crippen LogP contribution in [0.1, 0.15) is 5.56 Å². The molecule has 27 heavy (non-hydrogen) atoms. The van der Waals surface area contributed by atoms with Gasteiger partial charge in [0.15, 0.2) is 17.3 Å². The highest BCUT2D eigenvalue weighted by atomic mass is 35.5. The van der Waals surface area contributed by atoms with E-state index in [0.29, 0.717) is 38.4 Å². The van der Waals surface area contributed by atoms with Crippen molar-refractivity contribution in [3.8, 4) is 28.6 Å². The third-order valence-electron chi connectivity index (χ3n) is 3.80. The van der Waals surface area contributed by atoms with Crippen molar-refractivity contribution in [2.24, 2.45) is 5.10 Å². The Morgan fingerprint density at radius 1 is 1.04 bits per heavy atom. The first-order valence-electron chi connectivity index (χ1n) is 7.85. The molecule has 1 aromatic heterocycles. The van der Waals surface area contributed by atoms with Gasteiger partial charge < -0.3 is 14.2 Å². The van der Waals surface area contributed by atoms with Crippen molar-refractivity contribution < 1.29 is 14.2 Å². The lowest BCUT2D eigenvalue weighted by Gasteiger charge is -2.13. The fraction of sp³-hybridized carbons (Fsp3) is 0.167. The van der Waals surface area contributed by atoms with Gasteiger partial charge in [-0.05, 0) is 48.6 Å². The van der Waals surface area contributed by atoms with E-state index in [2.05, 4.69) is 15.3 Å². The van der Waals surface area contributed by atoms with E-state index in [1.54, 1.807) is 45.7 Å². The van der Waals surface area contributed by atoms with Crippen molar-refractivity contribution >= 4 is 30.0 Å². The zero-order valence-corrected chi connectivity index (χ0v) is 16.5. The number of benzene rings is 2. The Morgan fingerprint density at radius 3 is 2.37 bits per heavy atom. The van der Waals surface area contributed by atoms with Crippen molar-refractivity contribution in [2.45, 2.75) is 0 Å². The molecular weight excluding hydrogens is 388 g/mol. The first-order chi connectivity index (χ1) is 13.1. The van der Waals surface area contributed by atoms with Crippen LogP contribution in [0.5, 0.6) is 17.2 Å². The zero-order valence-electron chi connectivity index (χ0n) is 14.9. The molecule has 0 bridgehead atoms. The summed E-state index contributed by atoms with van der Waals surface area (Å²) >= 11 is 11.2. The number of aromatic amines is 1. The molecule has 0 aliphatic rings. The summed E-state index contributed by atoms with van der Waals surface area (Å²) in [5, 5.41) is 12.1. The van der Waals surface area contributed by atoms with E-state index in [0.717, 1.165) is 5.56 Å². The maximum atomic E-state index is 5.95. The van der Waals surface area contributed by atoms with Crippen LogP contribution in [0.25, 0.3) is 11.4 Å². The third kappa shape index (κ3) is 3.81. The monoisotopic (exact) mass is 404 g/mol. The smallest absolute Gasteiger partial charge is 0.216 e. The van der Waals surface area contributed by atoms with E-state index in [1.807, 2.05) is 18.2 Å². The van der Waals surface area contributed by atoms with Crippen LogP contribution < -0.4 is 14.2 Å². The average Bonchev–Trinajstić information content (AvgIpc) is 3.06. The number of H-pyrrole nitrogens is 1. The molecule has 1 N–H and O–H groups in total. The molecular formula is C18H17ClN4O3S. The van der Waals surface area contributed by atoms with Crippen LogP contribution in [-0.2, 0) is 0 Å². The second-order valence-corrected chi connectivity index (χ2v) is 6.16.